The van der Waals surface area contributed by atoms with Crippen LogP contribution in [0.2, 0.25) is 0 Å². The van der Waals surface area contributed by atoms with Crippen LogP contribution in [0.5, 0.6) is 0 Å². The van der Waals surface area contributed by atoms with E-state index in [4.69, 9.17) is 0 Å². The Balaban J connectivity index is 2.59. The summed E-state index contributed by atoms with van der Waals surface area (Å²) in [5, 5.41) is 0. The van der Waals surface area contributed by atoms with E-state index in [1.54, 1.807) is 6.92 Å². The standard InChI is InChI=1S/C12H9NO5/c1-2-18-12(17)7-5-6-8(14)3-4-9(15)10(6)13-11(7)16/h3-5H,2H2,1H3,(H,13,16). The Morgan fingerprint density at radius 3 is 2.56 bits per heavy atom. The Morgan fingerprint density at radius 1 is 1.22 bits per heavy atom. The highest BCUT2D eigenvalue weighted by molar-refractivity contribution is 6.21. The molecular weight excluding hydrogens is 238 g/mol. The van der Waals surface area contributed by atoms with Crippen molar-refractivity contribution in [2.75, 3.05) is 6.61 Å². The fourth-order valence-electron chi connectivity index (χ4n) is 1.60. The molecule has 2 rings (SSSR count). The molecule has 0 atom stereocenters. The van der Waals surface area contributed by atoms with Gasteiger partial charge in [-0.3, -0.25) is 14.4 Å². The molecule has 1 aliphatic rings. The van der Waals surface area contributed by atoms with Crippen LogP contribution in [0.4, 0.5) is 0 Å². The first-order valence-corrected chi connectivity index (χ1v) is 5.25. The summed E-state index contributed by atoms with van der Waals surface area (Å²) in [5.74, 6) is -1.74. The Morgan fingerprint density at radius 2 is 1.89 bits per heavy atom. The lowest BCUT2D eigenvalue weighted by molar-refractivity contribution is 0.0524. The van der Waals surface area contributed by atoms with Gasteiger partial charge in [-0.25, -0.2) is 4.79 Å². The van der Waals surface area contributed by atoms with E-state index in [0.717, 1.165) is 18.2 Å². The first-order valence-electron chi connectivity index (χ1n) is 5.25. The molecule has 0 spiro atoms. The molecule has 92 valence electrons. The van der Waals surface area contributed by atoms with Crippen molar-refractivity contribution in [1.82, 2.24) is 4.98 Å². The average Bonchev–Trinajstić information content (AvgIpc) is 2.34. The van der Waals surface area contributed by atoms with E-state index >= 15 is 0 Å². The van der Waals surface area contributed by atoms with E-state index in [1.165, 1.54) is 0 Å². The molecule has 1 heterocycles. The Hall–Kier alpha value is -2.50. The molecule has 0 fully saturated rings. The number of carbonyl (C=O) groups excluding carboxylic acids is 3. The maximum Gasteiger partial charge on any atom is 0.343 e. The minimum atomic E-state index is -0.823. The minimum Gasteiger partial charge on any atom is -0.462 e. The number of aromatic nitrogens is 1. The lowest BCUT2D eigenvalue weighted by Gasteiger charge is -2.09. The number of pyridine rings is 1. The molecule has 1 aliphatic carbocycles. The van der Waals surface area contributed by atoms with Crippen LogP contribution in [0.1, 0.15) is 38.1 Å². The topological polar surface area (TPSA) is 93.3 Å². The Labute approximate surface area is 101 Å². The van der Waals surface area contributed by atoms with Gasteiger partial charge in [0.05, 0.1) is 12.2 Å². The molecule has 0 bridgehead atoms. The van der Waals surface area contributed by atoms with Crippen molar-refractivity contribution in [2.45, 2.75) is 6.92 Å². The van der Waals surface area contributed by atoms with Gasteiger partial charge in [0.25, 0.3) is 5.56 Å². The fraction of sp³-hybridized carbons (Fsp3) is 0.167. The second kappa shape index (κ2) is 4.40. The second-order valence-electron chi connectivity index (χ2n) is 3.58. The second-order valence-corrected chi connectivity index (χ2v) is 3.58. The van der Waals surface area contributed by atoms with Gasteiger partial charge < -0.3 is 9.72 Å². The molecule has 1 N–H and O–H groups in total. The molecule has 0 unspecified atom stereocenters. The van der Waals surface area contributed by atoms with Crippen molar-refractivity contribution < 1.29 is 19.1 Å². The lowest BCUT2D eigenvalue weighted by Crippen LogP contribution is -2.26. The third kappa shape index (κ3) is 1.88. The van der Waals surface area contributed by atoms with E-state index < -0.39 is 23.1 Å². The molecule has 0 amide bonds. The number of ether oxygens (including phenoxy) is 1. The van der Waals surface area contributed by atoms with Crippen molar-refractivity contribution in [2.24, 2.45) is 0 Å². The molecule has 0 radical (unpaired) electrons. The highest BCUT2D eigenvalue weighted by atomic mass is 16.5. The molecule has 0 aliphatic heterocycles. The van der Waals surface area contributed by atoms with Crippen LogP contribution in [0, 0.1) is 0 Å². The molecule has 0 saturated carbocycles. The average molecular weight is 247 g/mol. The van der Waals surface area contributed by atoms with Crippen LogP contribution in [0.3, 0.4) is 0 Å². The van der Waals surface area contributed by atoms with Crippen molar-refractivity contribution in [3.05, 3.63) is 45.4 Å². The predicted octanol–water partition coefficient (Wildman–Crippen LogP) is 0.487. The van der Waals surface area contributed by atoms with E-state index in [9.17, 15) is 19.2 Å². The largest absolute Gasteiger partial charge is 0.462 e. The number of carbonyl (C=O) groups is 3. The molecular formula is C12H9NO5. The van der Waals surface area contributed by atoms with Gasteiger partial charge in [0.2, 0.25) is 5.78 Å². The molecule has 6 heteroatoms. The van der Waals surface area contributed by atoms with E-state index in [1.807, 2.05) is 0 Å². The fourth-order valence-corrected chi connectivity index (χ4v) is 1.60. The van der Waals surface area contributed by atoms with Crippen LogP contribution in [0.25, 0.3) is 0 Å². The summed E-state index contributed by atoms with van der Waals surface area (Å²) in [6, 6.07) is 1.09. The lowest BCUT2D eigenvalue weighted by atomic mass is 9.98. The Kier molecular flexibility index (Phi) is 2.93. The van der Waals surface area contributed by atoms with Gasteiger partial charge in [0.15, 0.2) is 5.78 Å². The van der Waals surface area contributed by atoms with Crippen molar-refractivity contribution in [1.29, 1.82) is 0 Å². The summed E-state index contributed by atoms with van der Waals surface area (Å²) < 4.78 is 4.69. The molecule has 18 heavy (non-hydrogen) atoms. The first-order chi connectivity index (χ1) is 8.54. The van der Waals surface area contributed by atoms with Crippen LogP contribution in [0.15, 0.2) is 23.0 Å². The molecule has 6 nitrogen and oxygen atoms in total. The molecule has 0 saturated heterocycles. The zero-order valence-electron chi connectivity index (χ0n) is 9.48. The normalized spacial score (nSPS) is 13.4. The van der Waals surface area contributed by atoms with Crippen molar-refractivity contribution in [3.8, 4) is 0 Å². The van der Waals surface area contributed by atoms with Crippen LogP contribution < -0.4 is 5.56 Å². The quantitative estimate of drug-likeness (QED) is 0.767. The van der Waals surface area contributed by atoms with Crippen LogP contribution in [-0.2, 0) is 4.74 Å². The number of fused-ring (bicyclic) bond motifs is 1. The summed E-state index contributed by atoms with van der Waals surface area (Å²) in [4.78, 5) is 48.4. The van der Waals surface area contributed by atoms with Gasteiger partial charge in [0.1, 0.15) is 11.3 Å². The SMILES string of the molecule is CCOC(=O)c1cc2c([nH]c1=O)C(=O)C=CC2=O. The number of hydrogen-bond donors (Lipinski definition) is 1. The summed E-state index contributed by atoms with van der Waals surface area (Å²) >= 11 is 0. The maximum absolute atomic E-state index is 11.6. The van der Waals surface area contributed by atoms with Gasteiger partial charge in [-0.05, 0) is 25.1 Å². The van der Waals surface area contributed by atoms with Crippen LogP contribution >= 0.6 is 0 Å². The third-order valence-corrected chi connectivity index (χ3v) is 2.43. The summed E-state index contributed by atoms with van der Waals surface area (Å²) in [5.41, 5.74) is -1.12. The highest BCUT2D eigenvalue weighted by Crippen LogP contribution is 2.14. The summed E-state index contributed by atoms with van der Waals surface area (Å²) in [6.45, 7) is 1.71. The zero-order valence-corrected chi connectivity index (χ0v) is 9.48. The van der Waals surface area contributed by atoms with Gasteiger partial charge in [-0.1, -0.05) is 0 Å². The van der Waals surface area contributed by atoms with Gasteiger partial charge >= 0.3 is 5.97 Å². The number of aromatic amines is 1. The van der Waals surface area contributed by atoms with Gasteiger partial charge in [0, 0.05) is 0 Å². The molecule has 1 aromatic rings. The van der Waals surface area contributed by atoms with Gasteiger partial charge in [-0.2, -0.15) is 0 Å². The van der Waals surface area contributed by atoms with Gasteiger partial charge in [-0.15, -0.1) is 0 Å². The predicted molar refractivity (Wildman–Crippen MR) is 60.8 cm³/mol. The van der Waals surface area contributed by atoms with E-state index in [-0.39, 0.29) is 23.4 Å². The highest BCUT2D eigenvalue weighted by Gasteiger charge is 2.24. The first kappa shape index (κ1) is 12.0. The number of H-pyrrole nitrogens is 1. The summed E-state index contributed by atoms with van der Waals surface area (Å²) in [7, 11) is 0. The number of esters is 1. The van der Waals surface area contributed by atoms with E-state index in [0.29, 0.717) is 0 Å². The number of hydrogen-bond acceptors (Lipinski definition) is 5. The maximum atomic E-state index is 11.6. The summed E-state index contributed by atoms with van der Waals surface area (Å²) in [6.07, 6.45) is 2.17. The smallest absolute Gasteiger partial charge is 0.343 e. The molecule has 1 aromatic heterocycles. The molecule has 0 aromatic carbocycles. The monoisotopic (exact) mass is 247 g/mol. The third-order valence-electron chi connectivity index (χ3n) is 2.43. The minimum absolute atomic E-state index is 0.00477. The number of allylic oxidation sites excluding steroid dienone is 2. The van der Waals surface area contributed by atoms with E-state index in [2.05, 4.69) is 9.72 Å². The zero-order chi connectivity index (χ0) is 13.3. The number of nitrogens with one attached hydrogen (secondary N) is 1. The van der Waals surface area contributed by atoms with Crippen molar-refractivity contribution >= 4 is 17.5 Å². The van der Waals surface area contributed by atoms with Crippen molar-refractivity contribution in [3.63, 3.8) is 0 Å². The number of rotatable bonds is 2. The number of ketones is 2. The van der Waals surface area contributed by atoms with Crippen LogP contribution in [-0.4, -0.2) is 29.1 Å². The Bertz CT molecular complexity index is 638.